The molecule has 0 spiro atoms. The number of aromatic nitrogens is 2. The van der Waals surface area contributed by atoms with E-state index in [1.54, 1.807) is 19.1 Å². The molecule has 0 unspecified atom stereocenters. The van der Waals surface area contributed by atoms with E-state index in [0.717, 1.165) is 14.6 Å². The average molecular weight is 427 g/mol. The molecule has 0 amide bonds. The highest BCUT2D eigenvalue weighted by atomic mass is 79.9. The number of ether oxygens (including phenoxy) is 1. The maximum atomic E-state index is 13.1. The number of rotatable bonds is 4. The molecule has 0 atom stereocenters. The van der Waals surface area contributed by atoms with Crippen LogP contribution in [-0.2, 0) is 6.54 Å². The van der Waals surface area contributed by atoms with Gasteiger partial charge in [-0.3, -0.25) is 14.2 Å². The second kappa shape index (κ2) is 7.00. The largest absolute Gasteiger partial charge is 0.488 e. The lowest BCUT2D eigenvalue weighted by molar-refractivity contribution is 0.332. The molecule has 2 heterocycles. The maximum Gasteiger partial charge on any atom is 0.296 e. The number of pyridine rings is 1. The first kappa shape index (κ1) is 17.5. The highest BCUT2D eigenvalue weighted by Crippen LogP contribution is 2.34. The van der Waals surface area contributed by atoms with Gasteiger partial charge in [0, 0.05) is 9.86 Å². The molecule has 0 bridgehead atoms. The van der Waals surface area contributed by atoms with E-state index in [0.29, 0.717) is 16.5 Å². The molecule has 0 fully saturated rings. The van der Waals surface area contributed by atoms with E-state index in [1.165, 1.54) is 0 Å². The van der Waals surface area contributed by atoms with Crippen molar-refractivity contribution < 1.29 is 9.26 Å². The molecule has 2 aromatic carbocycles. The summed E-state index contributed by atoms with van der Waals surface area (Å²) in [6, 6.07) is 14.6. The molecule has 0 saturated heterocycles. The number of nitrogens with zero attached hydrogens (tertiary/aromatic N) is 2. The fourth-order valence-corrected chi connectivity index (χ4v) is 3.40. The van der Waals surface area contributed by atoms with Crippen LogP contribution in [0.1, 0.15) is 12.5 Å². The molecular weight excluding hydrogens is 412 g/mol. The smallest absolute Gasteiger partial charge is 0.296 e. The van der Waals surface area contributed by atoms with Crippen molar-refractivity contribution in [1.82, 2.24) is 9.72 Å². The Hall–Kier alpha value is -2.93. The molecule has 0 saturated carbocycles. The monoisotopic (exact) mass is 426 g/mol. The van der Waals surface area contributed by atoms with Crippen molar-refractivity contribution in [2.75, 3.05) is 6.61 Å². The van der Waals surface area contributed by atoms with Gasteiger partial charge >= 0.3 is 0 Å². The van der Waals surface area contributed by atoms with Crippen molar-refractivity contribution in [3.63, 3.8) is 0 Å². The zero-order valence-corrected chi connectivity index (χ0v) is 16.0. The molecule has 4 rings (SSSR count). The quantitative estimate of drug-likeness (QED) is 0.465. The number of halogens is 1. The molecule has 0 aliphatic carbocycles. The lowest BCUT2D eigenvalue weighted by Gasteiger charge is -2.15. The molecule has 2 aliphatic heterocycles. The molecular formula is C20H15BrN2O4. The molecule has 2 aromatic rings. The van der Waals surface area contributed by atoms with E-state index in [1.807, 2.05) is 36.4 Å². The molecule has 27 heavy (non-hydrogen) atoms. The minimum Gasteiger partial charge on any atom is -0.488 e. The fourth-order valence-electron chi connectivity index (χ4n) is 3.06. The van der Waals surface area contributed by atoms with Crippen molar-refractivity contribution in [2.45, 2.75) is 13.5 Å². The zero-order valence-electron chi connectivity index (χ0n) is 14.4. The number of hydrogen-bond acceptors (Lipinski definition) is 5. The first-order valence-corrected chi connectivity index (χ1v) is 9.22. The number of benzene rings is 2. The van der Waals surface area contributed by atoms with E-state index >= 15 is 0 Å². The van der Waals surface area contributed by atoms with Gasteiger partial charge in [-0.1, -0.05) is 51.4 Å². The summed E-state index contributed by atoms with van der Waals surface area (Å²) in [6.45, 7) is 2.21. The molecule has 0 radical (unpaired) electrons. The van der Waals surface area contributed by atoms with Gasteiger partial charge in [0.1, 0.15) is 0 Å². The van der Waals surface area contributed by atoms with E-state index < -0.39 is 11.1 Å². The average Bonchev–Trinajstić information content (AvgIpc) is 2.68. The summed E-state index contributed by atoms with van der Waals surface area (Å²) in [7, 11) is 0. The van der Waals surface area contributed by atoms with Crippen LogP contribution in [0.15, 0.2) is 67.1 Å². The van der Waals surface area contributed by atoms with E-state index in [4.69, 9.17) is 9.26 Å². The van der Waals surface area contributed by atoms with Gasteiger partial charge in [0.25, 0.3) is 11.1 Å². The Labute approximate surface area is 162 Å². The summed E-state index contributed by atoms with van der Waals surface area (Å²) in [5.74, 6) is 0.110. The summed E-state index contributed by atoms with van der Waals surface area (Å²) in [5.41, 5.74) is 0.762. The third-order valence-electron chi connectivity index (χ3n) is 4.27. The molecule has 6 nitrogen and oxygen atoms in total. The summed E-state index contributed by atoms with van der Waals surface area (Å²) in [4.78, 5) is 26.1. The highest BCUT2D eigenvalue weighted by molar-refractivity contribution is 9.10. The van der Waals surface area contributed by atoms with Gasteiger partial charge in [0.05, 0.1) is 18.7 Å². The van der Waals surface area contributed by atoms with E-state index in [-0.39, 0.29) is 24.6 Å². The van der Waals surface area contributed by atoms with Crippen LogP contribution in [0.3, 0.4) is 0 Å². The van der Waals surface area contributed by atoms with Crippen LogP contribution < -0.4 is 15.9 Å². The summed E-state index contributed by atoms with van der Waals surface area (Å²) >= 11 is 3.38. The second-order valence-corrected chi connectivity index (χ2v) is 6.91. The standard InChI is InChI=1S/C20H15BrN2O4/c1-2-26-18-16-14-9-8-13(21)10-15(14)27-22-17(16)19(24)23(20(18)25)11-12-6-4-3-5-7-12/h3-10H,2,11H2,1H3. The third kappa shape index (κ3) is 3.04. The van der Waals surface area contributed by atoms with Crippen LogP contribution in [0.4, 0.5) is 0 Å². The molecule has 2 aliphatic rings. The number of hydrogen-bond donors (Lipinski definition) is 0. The predicted molar refractivity (Wildman–Crippen MR) is 106 cm³/mol. The lowest BCUT2D eigenvalue weighted by Crippen LogP contribution is -2.36. The molecule has 0 aromatic heterocycles. The Morgan fingerprint density at radius 2 is 1.89 bits per heavy atom. The third-order valence-corrected chi connectivity index (χ3v) is 4.76. The van der Waals surface area contributed by atoms with Crippen LogP contribution in [0, 0.1) is 0 Å². The first-order chi connectivity index (χ1) is 13.1. The van der Waals surface area contributed by atoms with Crippen molar-refractivity contribution in [3.05, 3.63) is 79.3 Å². The van der Waals surface area contributed by atoms with E-state index in [2.05, 4.69) is 21.1 Å². The van der Waals surface area contributed by atoms with Crippen LogP contribution in [0.25, 0.3) is 22.2 Å². The second-order valence-electron chi connectivity index (χ2n) is 5.99. The van der Waals surface area contributed by atoms with Gasteiger partial charge in [-0.25, -0.2) is 0 Å². The lowest BCUT2D eigenvalue weighted by atomic mass is 10.1. The van der Waals surface area contributed by atoms with Crippen LogP contribution >= 0.6 is 15.9 Å². The topological polar surface area (TPSA) is 74.3 Å². The molecule has 7 heteroatoms. The SMILES string of the molecule is CCOc1c2c3ccc(Br)cc3onc-2c(=O)n(Cc2ccccc2)c1=O. The van der Waals surface area contributed by atoms with Crippen molar-refractivity contribution in [3.8, 4) is 17.0 Å². The van der Waals surface area contributed by atoms with Gasteiger partial charge in [0.2, 0.25) is 0 Å². The summed E-state index contributed by atoms with van der Waals surface area (Å²) in [6.07, 6.45) is 0. The van der Waals surface area contributed by atoms with Crippen LogP contribution in [0.5, 0.6) is 5.75 Å². The van der Waals surface area contributed by atoms with Crippen molar-refractivity contribution >= 4 is 26.9 Å². The normalized spacial score (nSPS) is 11.2. The van der Waals surface area contributed by atoms with Crippen LogP contribution in [0.2, 0.25) is 0 Å². The Morgan fingerprint density at radius 3 is 2.63 bits per heavy atom. The Bertz CT molecular complexity index is 1210. The Kier molecular flexibility index (Phi) is 4.53. The van der Waals surface area contributed by atoms with Crippen LogP contribution in [-0.4, -0.2) is 16.3 Å². The zero-order chi connectivity index (χ0) is 19.0. The highest BCUT2D eigenvalue weighted by Gasteiger charge is 2.26. The van der Waals surface area contributed by atoms with Gasteiger partial charge in [-0.15, -0.1) is 0 Å². The maximum absolute atomic E-state index is 13.1. The van der Waals surface area contributed by atoms with E-state index in [9.17, 15) is 9.59 Å². The minimum absolute atomic E-state index is 0.0730. The molecule has 0 N–H and O–H groups in total. The predicted octanol–water partition coefficient (Wildman–Crippen LogP) is 3.66. The Balaban J connectivity index is 2.06. The van der Waals surface area contributed by atoms with Crippen molar-refractivity contribution in [1.29, 1.82) is 0 Å². The van der Waals surface area contributed by atoms with Gasteiger partial charge < -0.3 is 9.26 Å². The molecule has 136 valence electrons. The van der Waals surface area contributed by atoms with Crippen molar-refractivity contribution in [2.24, 2.45) is 0 Å². The fraction of sp³-hybridized carbons (Fsp3) is 0.150. The number of fused-ring (bicyclic) bond motifs is 3. The van der Waals surface area contributed by atoms with Gasteiger partial charge in [-0.2, -0.15) is 0 Å². The summed E-state index contributed by atoms with van der Waals surface area (Å²) < 4.78 is 13.0. The summed E-state index contributed by atoms with van der Waals surface area (Å²) in [5, 5.41) is 4.59. The van der Waals surface area contributed by atoms with Gasteiger partial charge in [-0.05, 0) is 30.7 Å². The minimum atomic E-state index is -0.504. The van der Waals surface area contributed by atoms with Gasteiger partial charge in [0.15, 0.2) is 17.0 Å². The Morgan fingerprint density at radius 1 is 1.11 bits per heavy atom. The first-order valence-electron chi connectivity index (χ1n) is 8.42.